The van der Waals surface area contributed by atoms with Gasteiger partial charge in [-0.05, 0) is 37.5 Å². The van der Waals surface area contributed by atoms with Crippen LogP contribution in [0, 0.1) is 11.8 Å². The Morgan fingerprint density at radius 1 is 0.276 bits per heavy atom. The molecule has 0 amide bonds. The van der Waals surface area contributed by atoms with Crippen LogP contribution in [0.5, 0.6) is 0 Å². The molecule has 0 rings (SSSR count). The van der Waals surface area contributed by atoms with Crippen LogP contribution in [0.4, 0.5) is 0 Å². The number of esters is 4. The van der Waals surface area contributed by atoms with Gasteiger partial charge in [0.15, 0.2) is 12.2 Å². The van der Waals surface area contributed by atoms with E-state index in [1.807, 2.05) is 0 Å². The van der Waals surface area contributed by atoms with Crippen LogP contribution in [0.2, 0.25) is 0 Å². The van der Waals surface area contributed by atoms with Crippen LogP contribution in [-0.2, 0) is 65.4 Å². The van der Waals surface area contributed by atoms with Crippen molar-refractivity contribution >= 4 is 39.5 Å². The number of rotatable bonds is 85. The third kappa shape index (κ3) is 78.5. The normalized spacial score (nSPS) is 14.1. The van der Waals surface area contributed by atoms with Crippen molar-refractivity contribution in [2.24, 2.45) is 11.8 Å². The lowest BCUT2D eigenvalue weighted by atomic mass is 9.99. The lowest BCUT2D eigenvalue weighted by molar-refractivity contribution is -0.161. The van der Waals surface area contributed by atoms with Crippen molar-refractivity contribution in [1.29, 1.82) is 0 Å². The fourth-order valence-corrected chi connectivity index (χ4v) is 15.0. The van der Waals surface area contributed by atoms with Gasteiger partial charge in [-0.1, -0.05) is 408 Å². The van der Waals surface area contributed by atoms with Gasteiger partial charge in [-0.15, -0.1) is 0 Å². The van der Waals surface area contributed by atoms with E-state index < -0.39 is 97.5 Å². The lowest BCUT2D eigenvalue weighted by Gasteiger charge is -2.21. The zero-order valence-corrected chi connectivity index (χ0v) is 70.8. The molecule has 0 aliphatic carbocycles. The Morgan fingerprint density at radius 2 is 0.486 bits per heavy atom. The van der Waals surface area contributed by atoms with Gasteiger partial charge in [-0.25, -0.2) is 9.13 Å². The number of carbonyl (C=O) groups excluding carboxylic acids is 4. The molecule has 19 heteroatoms. The zero-order chi connectivity index (χ0) is 77.1. The molecule has 3 N–H and O–H groups in total. The van der Waals surface area contributed by atoms with E-state index in [9.17, 15) is 43.2 Å². The first-order valence-electron chi connectivity index (χ1n) is 44.5. The van der Waals surface area contributed by atoms with Crippen LogP contribution >= 0.6 is 15.6 Å². The molecule has 0 aliphatic rings. The summed E-state index contributed by atoms with van der Waals surface area (Å²) in [5.74, 6) is -0.522. The summed E-state index contributed by atoms with van der Waals surface area (Å²) in [6.45, 7) is 9.69. The fourth-order valence-electron chi connectivity index (χ4n) is 13.4. The maximum atomic E-state index is 13.1. The lowest BCUT2D eigenvalue weighted by Crippen LogP contribution is -2.30. The number of aliphatic hydroxyl groups excluding tert-OH is 1. The van der Waals surface area contributed by atoms with E-state index in [-0.39, 0.29) is 25.7 Å². The molecule has 0 radical (unpaired) electrons. The largest absolute Gasteiger partial charge is 0.472 e. The molecule has 0 bridgehead atoms. The third-order valence-corrected chi connectivity index (χ3v) is 22.5. The standard InChI is InChI=1S/C86H168O17P2/c1-7-10-12-14-16-18-20-22-23-24-25-26-27-28-29-34-37-41-45-52-58-64-70-85(90)102-81(74-96-84(89)69-63-57-51-44-40-36-33-31-30-32-35-38-42-48-54-60-66-78(4)5)76-100-104(92,93)98-72-80(87)73-99-105(94,95)101-77-82(103-86(91)71-65-59-53-47-46-49-55-61-67-79(6)9-3)75-97-83(88)68-62-56-50-43-39-21-19-17-15-13-11-8-2/h78-82,87H,7-77H2,1-6H3,(H,92,93)(H,94,95)/t79?,80-,81-,82-/m1/s1. The van der Waals surface area contributed by atoms with E-state index in [0.717, 1.165) is 102 Å². The Hall–Kier alpha value is -1.94. The van der Waals surface area contributed by atoms with Crippen LogP contribution in [0.25, 0.3) is 0 Å². The molecule has 0 aromatic heterocycles. The van der Waals surface area contributed by atoms with Gasteiger partial charge in [0.2, 0.25) is 0 Å². The van der Waals surface area contributed by atoms with E-state index >= 15 is 0 Å². The van der Waals surface area contributed by atoms with Crippen molar-refractivity contribution in [1.82, 2.24) is 0 Å². The Balaban J connectivity index is 5.22. The molecule has 0 saturated heterocycles. The van der Waals surface area contributed by atoms with Gasteiger partial charge in [0, 0.05) is 25.7 Å². The monoisotopic (exact) mass is 1540 g/mol. The van der Waals surface area contributed by atoms with Gasteiger partial charge in [-0.3, -0.25) is 37.3 Å². The maximum absolute atomic E-state index is 13.1. The topological polar surface area (TPSA) is 237 Å². The van der Waals surface area contributed by atoms with E-state index in [1.165, 1.54) is 276 Å². The van der Waals surface area contributed by atoms with Crippen LogP contribution in [-0.4, -0.2) is 96.7 Å². The Kier molecular flexibility index (Phi) is 76.0. The highest BCUT2D eigenvalue weighted by atomic mass is 31.2. The maximum Gasteiger partial charge on any atom is 0.472 e. The summed E-state index contributed by atoms with van der Waals surface area (Å²) in [7, 11) is -9.93. The smallest absolute Gasteiger partial charge is 0.462 e. The van der Waals surface area contributed by atoms with Crippen LogP contribution < -0.4 is 0 Å². The molecular formula is C86H168O17P2. The molecule has 0 aliphatic heterocycles. The van der Waals surface area contributed by atoms with Crippen molar-refractivity contribution < 1.29 is 80.2 Å². The second-order valence-electron chi connectivity index (χ2n) is 31.6. The molecule has 0 spiro atoms. The quantitative estimate of drug-likeness (QED) is 0.0222. The predicted molar refractivity (Wildman–Crippen MR) is 432 cm³/mol. The summed E-state index contributed by atoms with van der Waals surface area (Å²) >= 11 is 0. The number of unbranched alkanes of at least 4 members (excludes halogenated alkanes) is 54. The molecule has 0 aromatic rings. The summed E-state index contributed by atoms with van der Waals surface area (Å²) < 4.78 is 68.9. The van der Waals surface area contributed by atoms with E-state index in [1.54, 1.807) is 0 Å². The first-order valence-corrected chi connectivity index (χ1v) is 47.5. The summed E-state index contributed by atoms with van der Waals surface area (Å²) in [4.78, 5) is 73.2. The summed E-state index contributed by atoms with van der Waals surface area (Å²) in [5.41, 5.74) is 0. The number of hydrogen-bond acceptors (Lipinski definition) is 15. The van der Waals surface area contributed by atoms with Crippen molar-refractivity contribution in [3.63, 3.8) is 0 Å². The fraction of sp³-hybridized carbons (Fsp3) is 0.953. The molecule has 0 aromatic carbocycles. The van der Waals surface area contributed by atoms with Gasteiger partial charge < -0.3 is 33.8 Å². The molecular weight excluding hydrogens is 1370 g/mol. The molecule has 17 nitrogen and oxygen atoms in total. The average molecular weight is 1540 g/mol. The number of ether oxygens (including phenoxy) is 4. The summed E-state index contributed by atoms with van der Waals surface area (Å²) in [6.07, 6.45) is 69.5. The Bertz CT molecular complexity index is 2010. The minimum atomic E-state index is -4.97. The molecule has 0 fully saturated rings. The number of phosphoric acid groups is 2. The third-order valence-electron chi connectivity index (χ3n) is 20.6. The number of hydrogen-bond donors (Lipinski definition) is 3. The molecule has 3 unspecified atom stereocenters. The SMILES string of the molecule is CCCCCCCCCCCCCCCCCCCCCCCCC(=O)O[C@H](COC(=O)CCCCCCCCCCCCCCCCCCC(C)C)COP(=O)(O)OC[C@@H](O)COP(=O)(O)OC[C@@H](COC(=O)CCCCCCCCCCCCCC)OC(=O)CCCCCCCCCCC(C)CC. The number of carbonyl (C=O) groups is 4. The number of aliphatic hydroxyl groups is 1. The predicted octanol–water partition coefficient (Wildman–Crippen LogP) is 26.2. The van der Waals surface area contributed by atoms with Crippen molar-refractivity contribution in [2.45, 2.75) is 477 Å². The summed E-state index contributed by atoms with van der Waals surface area (Å²) in [5, 5.41) is 10.7. The van der Waals surface area contributed by atoms with E-state index in [0.29, 0.717) is 25.7 Å². The van der Waals surface area contributed by atoms with Crippen LogP contribution in [0.1, 0.15) is 459 Å². The molecule has 0 heterocycles. The van der Waals surface area contributed by atoms with Crippen LogP contribution in [0.3, 0.4) is 0 Å². The first kappa shape index (κ1) is 103. The van der Waals surface area contributed by atoms with Crippen molar-refractivity contribution in [3.05, 3.63) is 0 Å². The highest BCUT2D eigenvalue weighted by molar-refractivity contribution is 7.47. The molecule has 624 valence electrons. The second-order valence-corrected chi connectivity index (χ2v) is 34.6. The Morgan fingerprint density at radius 3 is 0.724 bits per heavy atom. The Labute approximate surface area is 645 Å². The summed E-state index contributed by atoms with van der Waals surface area (Å²) in [6, 6.07) is 0. The van der Waals surface area contributed by atoms with Crippen LogP contribution in [0.15, 0.2) is 0 Å². The average Bonchev–Trinajstić information content (AvgIpc) is 0.918. The van der Waals surface area contributed by atoms with Gasteiger partial charge in [0.1, 0.15) is 19.3 Å². The first-order chi connectivity index (χ1) is 50.9. The van der Waals surface area contributed by atoms with E-state index in [2.05, 4.69) is 41.5 Å². The van der Waals surface area contributed by atoms with Gasteiger partial charge >= 0.3 is 39.5 Å². The minimum Gasteiger partial charge on any atom is -0.462 e. The second kappa shape index (κ2) is 77.4. The van der Waals surface area contributed by atoms with Gasteiger partial charge in [0.25, 0.3) is 0 Å². The van der Waals surface area contributed by atoms with Crippen molar-refractivity contribution in [2.75, 3.05) is 39.6 Å². The molecule has 105 heavy (non-hydrogen) atoms. The molecule has 0 saturated carbocycles. The van der Waals surface area contributed by atoms with Crippen molar-refractivity contribution in [3.8, 4) is 0 Å². The minimum absolute atomic E-state index is 0.106. The highest BCUT2D eigenvalue weighted by Gasteiger charge is 2.30. The zero-order valence-electron chi connectivity index (χ0n) is 69.0. The van der Waals surface area contributed by atoms with Gasteiger partial charge in [-0.2, -0.15) is 0 Å². The number of phosphoric ester groups is 2. The van der Waals surface area contributed by atoms with Gasteiger partial charge in [0.05, 0.1) is 26.4 Å². The van der Waals surface area contributed by atoms with E-state index in [4.69, 9.17) is 37.0 Å². The molecule has 6 atom stereocenters. The highest BCUT2D eigenvalue weighted by Crippen LogP contribution is 2.45.